The SMILES string of the molecule is O=C1CSC(N2CCCN(C(=O)O)CC2)=N1. The van der Waals surface area contributed by atoms with Crippen molar-refractivity contribution in [2.45, 2.75) is 6.42 Å². The molecular formula is C9H13N3O3S. The third kappa shape index (κ3) is 2.46. The maximum Gasteiger partial charge on any atom is 0.407 e. The van der Waals surface area contributed by atoms with Gasteiger partial charge in [-0.2, -0.15) is 4.99 Å². The quantitative estimate of drug-likeness (QED) is 0.662. The Morgan fingerprint density at radius 1 is 1.31 bits per heavy atom. The molecule has 0 bridgehead atoms. The van der Waals surface area contributed by atoms with E-state index in [0.717, 1.165) is 18.1 Å². The van der Waals surface area contributed by atoms with E-state index in [0.29, 0.717) is 25.4 Å². The Hall–Kier alpha value is -1.24. The van der Waals surface area contributed by atoms with Crippen LogP contribution in [0.15, 0.2) is 4.99 Å². The largest absolute Gasteiger partial charge is 0.465 e. The number of thioether (sulfide) groups is 1. The van der Waals surface area contributed by atoms with Gasteiger partial charge in [-0.15, -0.1) is 0 Å². The summed E-state index contributed by atoms with van der Waals surface area (Å²) in [4.78, 5) is 29.1. The summed E-state index contributed by atoms with van der Waals surface area (Å²) in [7, 11) is 0. The van der Waals surface area contributed by atoms with Crippen molar-refractivity contribution in [2.24, 2.45) is 4.99 Å². The van der Waals surface area contributed by atoms with Gasteiger partial charge >= 0.3 is 6.09 Å². The van der Waals surface area contributed by atoms with Crippen LogP contribution in [0.1, 0.15) is 6.42 Å². The number of nitrogens with zero attached hydrogens (tertiary/aromatic N) is 3. The fourth-order valence-corrected chi connectivity index (χ4v) is 2.61. The van der Waals surface area contributed by atoms with Gasteiger partial charge in [-0.25, -0.2) is 4.79 Å². The van der Waals surface area contributed by atoms with Crippen LogP contribution in [-0.4, -0.2) is 64.0 Å². The number of amidine groups is 1. The summed E-state index contributed by atoms with van der Waals surface area (Å²) in [6.07, 6.45) is -0.0981. The van der Waals surface area contributed by atoms with Crippen molar-refractivity contribution in [3.05, 3.63) is 0 Å². The van der Waals surface area contributed by atoms with Crippen molar-refractivity contribution in [1.82, 2.24) is 9.80 Å². The number of aliphatic imine (C=N–C) groups is 1. The summed E-state index contributed by atoms with van der Waals surface area (Å²) in [5.74, 6) is 0.313. The van der Waals surface area contributed by atoms with Gasteiger partial charge in [-0.05, 0) is 6.42 Å². The molecule has 0 aromatic rings. The minimum Gasteiger partial charge on any atom is -0.465 e. The van der Waals surface area contributed by atoms with Crippen molar-refractivity contribution in [2.75, 3.05) is 31.9 Å². The Morgan fingerprint density at radius 2 is 2.12 bits per heavy atom. The van der Waals surface area contributed by atoms with Crippen LogP contribution in [0, 0.1) is 0 Å². The normalized spacial score (nSPS) is 22.0. The first-order valence-electron chi connectivity index (χ1n) is 5.14. The molecule has 0 aromatic heterocycles. The molecule has 2 heterocycles. The van der Waals surface area contributed by atoms with Crippen LogP contribution in [0.2, 0.25) is 0 Å². The van der Waals surface area contributed by atoms with Gasteiger partial charge in [0.25, 0.3) is 5.91 Å². The van der Waals surface area contributed by atoms with E-state index >= 15 is 0 Å². The van der Waals surface area contributed by atoms with E-state index in [-0.39, 0.29) is 5.91 Å². The first kappa shape index (κ1) is 11.3. The number of hydrogen-bond acceptors (Lipinski definition) is 4. The summed E-state index contributed by atoms with van der Waals surface area (Å²) < 4.78 is 0. The van der Waals surface area contributed by atoms with E-state index in [2.05, 4.69) is 4.99 Å². The Morgan fingerprint density at radius 3 is 2.75 bits per heavy atom. The third-order valence-electron chi connectivity index (χ3n) is 2.58. The summed E-state index contributed by atoms with van der Waals surface area (Å²) in [6, 6.07) is 0. The molecule has 0 saturated carbocycles. The van der Waals surface area contributed by atoms with E-state index in [1.165, 1.54) is 16.7 Å². The van der Waals surface area contributed by atoms with Crippen LogP contribution in [0.25, 0.3) is 0 Å². The predicted molar refractivity (Wildman–Crippen MR) is 60.7 cm³/mol. The average Bonchev–Trinajstić information content (AvgIpc) is 2.54. The minimum atomic E-state index is -0.876. The Bertz CT molecular complexity index is 345. The monoisotopic (exact) mass is 243 g/mol. The van der Waals surface area contributed by atoms with Gasteiger partial charge in [0.2, 0.25) is 0 Å². The van der Waals surface area contributed by atoms with E-state index in [1.807, 2.05) is 4.90 Å². The molecule has 7 heteroatoms. The zero-order valence-electron chi connectivity index (χ0n) is 8.76. The molecule has 6 nitrogen and oxygen atoms in total. The zero-order chi connectivity index (χ0) is 11.5. The highest BCUT2D eigenvalue weighted by molar-refractivity contribution is 8.14. The number of hydrogen-bond donors (Lipinski definition) is 1. The van der Waals surface area contributed by atoms with Crippen molar-refractivity contribution in [1.29, 1.82) is 0 Å². The zero-order valence-corrected chi connectivity index (χ0v) is 9.57. The second kappa shape index (κ2) is 4.73. The summed E-state index contributed by atoms with van der Waals surface area (Å²) in [6.45, 7) is 2.41. The van der Waals surface area contributed by atoms with E-state index in [1.54, 1.807) is 0 Å². The van der Waals surface area contributed by atoms with Gasteiger partial charge in [0.1, 0.15) is 0 Å². The standard InChI is InChI=1S/C9H13N3O3S/c13-7-6-16-8(10-7)11-2-1-3-12(5-4-11)9(14)15/h1-6H2,(H,14,15). The molecule has 1 saturated heterocycles. The highest BCUT2D eigenvalue weighted by atomic mass is 32.2. The van der Waals surface area contributed by atoms with Crippen molar-refractivity contribution in [3.8, 4) is 0 Å². The summed E-state index contributed by atoms with van der Waals surface area (Å²) in [5, 5.41) is 9.62. The smallest absolute Gasteiger partial charge is 0.407 e. The Labute approximate surface area is 97.3 Å². The van der Waals surface area contributed by atoms with Gasteiger partial charge in [0.05, 0.1) is 5.75 Å². The lowest BCUT2D eigenvalue weighted by atomic mass is 10.4. The molecule has 2 aliphatic heterocycles. The molecule has 1 fully saturated rings. The Balaban J connectivity index is 1.96. The number of carbonyl (C=O) groups is 2. The van der Waals surface area contributed by atoms with E-state index in [9.17, 15) is 9.59 Å². The molecule has 0 aromatic carbocycles. The summed E-state index contributed by atoms with van der Waals surface area (Å²) in [5.41, 5.74) is 0. The van der Waals surface area contributed by atoms with E-state index in [4.69, 9.17) is 5.11 Å². The molecule has 0 spiro atoms. The van der Waals surface area contributed by atoms with Crippen LogP contribution < -0.4 is 0 Å². The molecule has 0 radical (unpaired) electrons. The molecule has 0 atom stereocenters. The first-order valence-corrected chi connectivity index (χ1v) is 6.12. The minimum absolute atomic E-state index is 0.0978. The van der Waals surface area contributed by atoms with Gasteiger partial charge in [-0.1, -0.05) is 11.8 Å². The lowest BCUT2D eigenvalue weighted by Gasteiger charge is -2.21. The highest BCUT2D eigenvalue weighted by Gasteiger charge is 2.24. The molecule has 0 aliphatic carbocycles. The van der Waals surface area contributed by atoms with Crippen LogP contribution in [0.4, 0.5) is 4.79 Å². The highest BCUT2D eigenvalue weighted by Crippen LogP contribution is 2.18. The summed E-state index contributed by atoms with van der Waals surface area (Å²) >= 11 is 1.44. The van der Waals surface area contributed by atoms with Gasteiger partial charge in [-0.3, -0.25) is 4.79 Å². The van der Waals surface area contributed by atoms with Crippen molar-refractivity contribution < 1.29 is 14.7 Å². The number of amides is 2. The van der Waals surface area contributed by atoms with Crippen LogP contribution in [0.5, 0.6) is 0 Å². The fourth-order valence-electron chi connectivity index (χ4n) is 1.76. The lowest BCUT2D eigenvalue weighted by molar-refractivity contribution is -0.115. The molecular weight excluding hydrogens is 230 g/mol. The number of rotatable bonds is 0. The number of carbonyl (C=O) groups excluding carboxylic acids is 1. The maximum atomic E-state index is 11.0. The molecule has 88 valence electrons. The average molecular weight is 243 g/mol. The van der Waals surface area contributed by atoms with Crippen LogP contribution in [-0.2, 0) is 4.79 Å². The molecule has 1 N–H and O–H groups in total. The van der Waals surface area contributed by atoms with Gasteiger partial charge < -0.3 is 14.9 Å². The Kier molecular flexibility index (Phi) is 3.33. The first-order chi connectivity index (χ1) is 7.66. The molecule has 2 aliphatic rings. The third-order valence-corrected chi connectivity index (χ3v) is 3.58. The molecule has 2 amide bonds. The van der Waals surface area contributed by atoms with Gasteiger partial charge in [0.15, 0.2) is 5.17 Å². The molecule has 16 heavy (non-hydrogen) atoms. The van der Waals surface area contributed by atoms with Crippen molar-refractivity contribution >= 4 is 28.9 Å². The van der Waals surface area contributed by atoms with E-state index < -0.39 is 6.09 Å². The maximum absolute atomic E-state index is 11.0. The van der Waals surface area contributed by atoms with Gasteiger partial charge in [0, 0.05) is 26.2 Å². The van der Waals surface area contributed by atoms with Crippen molar-refractivity contribution in [3.63, 3.8) is 0 Å². The second-order valence-corrected chi connectivity index (χ2v) is 4.63. The lowest BCUT2D eigenvalue weighted by Crippen LogP contribution is -2.35. The van der Waals surface area contributed by atoms with Crippen LogP contribution >= 0.6 is 11.8 Å². The fraction of sp³-hybridized carbons (Fsp3) is 0.667. The predicted octanol–water partition coefficient (Wildman–Crippen LogP) is 0.302. The molecule has 2 rings (SSSR count). The topological polar surface area (TPSA) is 73.2 Å². The molecule has 0 unspecified atom stereocenters. The second-order valence-electron chi connectivity index (χ2n) is 3.69. The number of carboxylic acid groups (broad SMARTS) is 1. The van der Waals surface area contributed by atoms with Crippen LogP contribution in [0.3, 0.4) is 0 Å².